The summed E-state index contributed by atoms with van der Waals surface area (Å²) in [7, 11) is 0. The number of allylic oxidation sites excluding steroid dienone is 2. The number of imide groups is 1. The van der Waals surface area contributed by atoms with E-state index in [1.807, 2.05) is 12.2 Å². The van der Waals surface area contributed by atoms with Gasteiger partial charge in [-0.2, -0.15) is 0 Å². The highest BCUT2D eigenvalue weighted by atomic mass is 16.6. The zero-order valence-electron chi connectivity index (χ0n) is 18.4. The monoisotopic (exact) mass is 452 g/mol. The summed E-state index contributed by atoms with van der Waals surface area (Å²) in [5.74, 6) is -0.751. The Balaban J connectivity index is 1.21. The van der Waals surface area contributed by atoms with Crippen LogP contribution in [-0.2, 0) is 9.59 Å². The maximum atomic E-state index is 12.8. The summed E-state index contributed by atoms with van der Waals surface area (Å²) < 4.78 is 0. The number of nitrogens with zero attached hydrogens (tertiary/aromatic N) is 2. The second-order valence-corrected chi connectivity index (χ2v) is 9.55. The third-order valence-electron chi connectivity index (χ3n) is 7.61. The minimum Gasteiger partial charge on any atom is -0.378 e. The van der Waals surface area contributed by atoms with Crippen LogP contribution in [0.4, 0.5) is 11.4 Å². The molecule has 2 N–H and O–H groups in total. The van der Waals surface area contributed by atoms with Crippen LogP contribution in [0, 0.1) is 33.8 Å². The Morgan fingerprint density at radius 2 is 1.73 bits per heavy atom. The number of carbonyl (C=O) groups excluding carboxylic acids is 3. The van der Waals surface area contributed by atoms with Crippen molar-refractivity contribution in [3.05, 3.63) is 46.0 Å². The first kappa shape index (κ1) is 21.6. The molecular formula is C24H28N4O5. The van der Waals surface area contributed by atoms with Gasteiger partial charge in [0.1, 0.15) is 5.69 Å². The molecule has 0 spiro atoms. The maximum Gasteiger partial charge on any atom is 0.293 e. The Morgan fingerprint density at radius 3 is 2.36 bits per heavy atom. The predicted octanol–water partition coefficient (Wildman–Crippen LogP) is 2.88. The smallest absolute Gasteiger partial charge is 0.293 e. The number of fused-ring (bicyclic) bond motifs is 5. The molecule has 9 heteroatoms. The number of nitrogens with one attached hydrogen (secondary N) is 2. The van der Waals surface area contributed by atoms with E-state index in [2.05, 4.69) is 10.6 Å². The van der Waals surface area contributed by atoms with E-state index >= 15 is 0 Å². The normalized spacial score (nSPS) is 28.3. The molecule has 1 saturated heterocycles. The number of hydrogen-bond acceptors (Lipinski definition) is 6. The lowest BCUT2D eigenvalue weighted by Crippen LogP contribution is -2.36. The molecule has 4 aliphatic rings. The van der Waals surface area contributed by atoms with Gasteiger partial charge >= 0.3 is 0 Å². The van der Waals surface area contributed by atoms with Gasteiger partial charge in [-0.3, -0.25) is 29.4 Å². The van der Waals surface area contributed by atoms with Crippen LogP contribution in [0.25, 0.3) is 0 Å². The van der Waals surface area contributed by atoms with Gasteiger partial charge in [0.25, 0.3) is 11.6 Å². The molecule has 3 fully saturated rings. The number of carbonyl (C=O) groups is 3. The molecule has 174 valence electrons. The molecule has 2 bridgehead atoms. The van der Waals surface area contributed by atoms with E-state index in [-0.39, 0.29) is 77.5 Å². The van der Waals surface area contributed by atoms with Crippen molar-refractivity contribution in [2.45, 2.75) is 44.6 Å². The molecule has 4 unspecified atom stereocenters. The van der Waals surface area contributed by atoms with Gasteiger partial charge in [0.15, 0.2) is 0 Å². The molecule has 1 aromatic carbocycles. The average Bonchev–Trinajstić information content (AvgIpc) is 3.49. The molecule has 0 aromatic heterocycles. The largest absolute Gasteiger partial charge is 0.378 e. The summed E-state index contributed by atoms with van der Waals surface area (Å²) in [4.78, 5) is 50.5. The first-order chi connectivity index (χ1) is 15.9. The first-order valence-corrected chi connectivity index (χ1v) is 11.8. The molecule has 33 heavy (non-hydrogen) atoms. The van der Waals surface area contributed by atoms with Crippen LogP contribution in [0.15, 0.2) is 30.4 Å². The summed E-state index contributed by atoms with van der Waals surface area (Å²) in [6.45, 7) is 0.360. The van der Waals surface area contributed by atoms with E-state index in [0.29, 0.717) is 0 Å². The van der Waals surface area contributed by atoms with Gasteiger partial charge in [-0.1, -0.05) is 31.4 Å². The van der Waals surface area contributed by atoms with Crippen molar-refractivity contribution < 1.29 is 19.3 Å². The molecule has 1 aliphatic heterocycles. The van der Waals surface area contributed by atoms with Crippen molar-refractivity contribution in [1.29, 1.82) is 0 Å². The topological polar surface area (TPSA) is 122 Å². The zero-order chi connectivity index (χ0) is 23.1. The SMILES string of the molecule is O=C(NC1CCCCC1)c1ccc(NCCN2C(=O)C3C4C=CC(C4)C3C2=O)c([N+](=O)[O-])c1. The lowest BCUT2D eigenvalue weighted by molar-refractivity contribution is -0.384. The second-order valence-electron chi connectivity index (χ2n) is 9.55. The number of nitro groups is 1. The first-order valence-electron chi connectivity index (χ1n) is 11.8. The molecule has 1 heterocycles. The standard InChI is InChI=1S/C24H28N4O5/c29-22(26-17-4-2-1-3-5-17)16-8-9-18(19(13-16)28(32)33)25-10-11-27-23(30)20-14-6-7-15(12-14)21(20)24(27)31/h6-9,13-15,17,20-21,25H,1-5,10-12H2,(H,26,29). The lowest BCUT2D eigenvalue weighted by Gasteiger charge is -2.22. The van der Waals surface area contributed by atoms with Gasteiger partial charge in [-0.05, 0) is 43.2 Å². The number of rotatable bonds is 7. The van der Waals surface area contributed by atoms with E-state index < -0.39 is 4.92 Å². The van der Waals surface area contributed by atoms with Crippen molar-refractivity contribution in [2.24, 2.45) is 23.7 Å². The molecule has 4 atom stereocenters. The van der Waals surface area contributed by atoms with Crippen molar-refractivity contribution in [2.75, 3.05) is 18.4 Å². The summed E-state index contributed by atoms with van der Waals surface area (Å²) >= 11 is 0. The van der Waals surface area contributed by atoms with Crippen molar-refractivity contribution in [1.82, 2.24) is 10.2 Å². The van der Waals surface area contributed by atoms with Crippen LogP contribution < -0.4 is 10.6 Å². The Labute approximate surface area is 191 Å². The molecule has 5 rings (SSSR count). The number of amides is 3. The molecule has 2 saturated carbocycles. The van der Waals surface area contributed by atoms with Gasteiger partial charge in [0.2, 0.25) is 11.8 Å². The predicted molar refractivity (Wildman–Crippen MR) is 120 cm³/mol. The van der Waals surface area contributed by atoms with Crippen molar-refractivity contribution >= 4 is 29.1 Å². The van der Waals surface area contributed by atoms with Gasteiger partial charge in [-0.15, -0.1) is 0 Å². The molecule has 3 amide bonds. The zero-order valence-corrected chi connectivity index (χ0v) is 18.4. The summed E-state index contributed by atoms with van der Waals surface area (Å²) in [5, 5.41) is 17.6. The fourth-order valence-electron chi connectivity index (χ4n) is 5.98. The Hall–Kier alpha value is -3.23. The number of nitro benzene ring substituents is 1. The molecule has 1 aromatic rings. The molecule has 0 radical (unpaired) electrons. The van der Waals surface area contributed by atoms with Gasteiger partial charge < -0.3 is 10.6 Å². The van der Waals surface area contributed by atoms with E-state index in [9.17, 15) is 24.5 Å². The third-order valence-corrected chi connectivity index (χ3v) is 7.61. The second kappa shape index (κ2) is 8.61. The fourth-order valence-corrected chi connectivity index (χ4v) is 5.98. The van der Waals surface area contributed by atoms with E-state index in [1.54, 1.807) is 6.07 Å². The van der Waals surface area contributed by atoms with Gasteiger partial charge in [0, 0.05) is 30.8 Å². The van der Waals surface area contributed by atoms with Crippen LogP contribution in [0.2, 0.25) is 0 Å². The number of likely N-dealkylation sites (tertiary alicyclic amines) is 1. The molecule has 3 aliphatic carbocycles. The summed E-state index contributed by atoms with van der Waals surface area (Å²) in [6.07, 6.45) is 10.2. The number of hydrogen-bond donors (Lipinski definition) is 2. The molecular weight excluding hydrogens is 424 g/mol. The quantitative estimate of drug-likeness (QED) is 0.284. The summed E-state index contributed by atoms with van der Waals surface area (Å²) in [5.41, 5.74) is 0.304. The Bertz CT molecular complexity index is 1000. The van der Waals surface area contributed by atoms with Gasteiger partial charge in [-0.25, -0.2) is 0 Å². The number of benzene rings is 1. The maximum absolute atomic E-state index is 12.8. The third kappa shape index (κ3) is 3.89. The minimum absolute atomic E-state index is 0.114. The molecule has 9 nitrogen and oxygen atoms in total. The van der Waals surface area contributed by atoms with Crippen molar-refractivity contribution in [3.63, 3.8) is 0 Å². The van der Waals surface area contributed by atoms with Crippen LogP contribution in [0.5, 0.6) is 0 Å². The van der Waals surface area contributed by atoms with Crippen molar-refractivity contribution in [3.8, 4) is 0 Å². The van der Waals surface area contributed by atoms with E-state index in [4.69, 9.17) is 0 Å². The summed E-state index contributed by atoms with van der Waals surface area (Å²) in [6, 6.07) is 4.47. The Kier molecular flexibility index (Phi) is 5.64. The highest BCUT2D eigenvalue weighted by Crippen LogP contribution is 2.52. The average molecular weight is 453 g/mol. The van der Waals surface area contributed by atoms with Crippen LogP contribution >= 0.6 is 0 Å². The van der Waals surface area contributed by atoms with E-state index in [1.165, 1.54) is 23.5 Å². The van der Waals surface area contributed by atoms with Crippen LogP contribution in [0.1, 0.15) is 48.9 Å². The minimum atomic E-state index is -0.528. The Morgan fingerprint density at radius 1 is 1.06 bits per heavy atom. The number of anilines is 1. The van der Waals surface area contributed by atoms with Crippen LogP contribution in [0.3, 0.4) is 0 Å². The lowest BCUT2D eigenvalue weighted by atomic mass is 9.85. The van der Waals surface area contributed by atoms with Gasteiger partial charge in [0.05, 0.1) is 16.8 Å². The van der Waals surface area contributed by atoms with E-state index in [0.717, 1.165) is 32.1 Å². The highest BCUT2D eigenvalue weighted by molar-refractivity contribution is 6.06. The highest BCUT2D eigenvalue weighted by Gasteiger charge is 2.58. The fraction of sp³-hybridized carbons (Fsp3) is 0.542. The van der Waals surface area contributed by atoms with Crippen LogP contribution in [-0.4, -0.2) is 46.7 Å².